The molecule has 0 bridgehead atoms. The van der Waals surface area contributed by atoms with E-state index in [9.17, 15) is 9.50 Å². The van der Waals surface area contributed by atoms with E-state index in [2.05, 4.69) is 5.10 Å². The molecule has 21 heavy (non-hydrogen) atoms. The van der Waals surface area contributed by atoms with Crippen LogP contribution >= 0.6 is 11.6 Å². The van der Waals surface area contributed by atoms with E-state index in [-0.39, 0.29) is 5.82 Å². The molecule has 0 amide bonds. The molecule has 1 aliphatic rings. The SMILES string of the molecule is COCCn1ncc(Cl)c1C1(O)CCc2c(F)cccc21. The average molecular weight is 311 g/mol. The molecule has 1 heterocycles. The number of benzene rings is 1. The lowest BCUT2D eigenvalue weighted by molar-refractivity contribution is 0.0704. The van der Waals surface area contributed by atoms with Gasteiger partial charge in [0.25, 0.3) is 0 Å². The molecule has 0 radical (unpaired) electrons. The molecule has 0 aliphatic heterocycles. The van der Waals surface area contributed by atoms with Gasteiger partial charge in [0.05, 0.1) is 30.1 Å². The Kier molecular flexibility index (Phi) is 3.73. The number of fused-ring (bicyclic) bond motifs is 1. The molecule has 0 saturated carbocycles. The fraction of sp³-hybridized carbons (Fsp3) is 0.400. The van der Waals surface area contributed by atoms with Gasteiger partial charge in [-0.3, -0.25) is 4.68 Å². The number of nitrogens with zero attached hydrogens (tertiary/aromatic N) is 2. The zero-order chi connectivity index (χ0) is 15.0. The van der Waals surface area contributed by atoms with Crippen molar-refractivity contribution in [2.45, 2.75) is 25.0 Å². The van der Waals surface area contributed by atoms with E-state index in [1.54, 1.807) is 23.9 Å². The number of ether oxygens (including phenoxy) is 1. The quantitative estimate of drug-likeness (QED) is 0.944. The minimum atomic E-state index is -1.31. The molecular formula is C15H16ClFN2O2. The van der Waals surface area contributed by atoms with Crippen LogP contribution in [-0.4, -0.2) is 28.6 Å². The van der Waals surface area contributed by atoms with Gasteiger partial charge >= 0.3 is 0 Å². The number of halogens is 2. The van der Waals surface area contributed by atoms with Crippen molar-refractivity contribution in [1.82, 2.24) is 9.78 Å². The van der Waals surface area contributed by atoms with Crippen LogP contribution in [0.3, 0.4) is 0 Å². The minimum Gasteiger partial charge on any atom is -0.383 e. The van der Waals surface area contributed by atoms with Crippen LogP contribution in [0.25, 0.3) is 0 Å². The molecule has 3 rings (SSSR count). The molecular weight excluding hydrogens is 295 g/mol. The second-order valence-corrected chi connectivity index (χ2v) is 5.59. The van der Waals surface area contributed by atoms with Crippen molar-refractivity contribution in [2.75, 3.05) is 13.7 Å². The zero-order valence-electron chi connectivity index (χ0n) is 11.6. The van der Waals surface area contributed by atoms with Crippen LogP contribution in [0.2, 0.25) is 5.02 Å². The molecule has 112 valence electrons. The van der Waals surface area contributed by atoms with Gasteiger partial charge in [0.1, 0.15) is 11.4 Å². The van der Waals surface area contributed by atoms with Crippen molar-refractivity contribution in [3.8, 4) is 0 Å². The van der Waals surface area contributed by atoms with Crippen molar-refractivity contribution in [3.63, 3.8) is 0 Å². The van der Waals surface area contributed by atoms with Gasteiger partial charge in [-0.05, 0) is 30.0 Å². The van der Waals surface area contributed by atoms with Crippen molar-refractivity contribution < 1.29 is 14.2 Å². The van der Waals surface area contributed by atoms with Crippen LogP contribution in [0.1, 0.15) is 23.2 Å². The van der Waals surface area contributed by atoms with Crippen LogP contribution in [0.5, 0.6) is 0 Å². The average Bonchev–Trinajstić information content (AvgIpc) is 3.00. The Morgan fingerprint density at radius 1 is 1.52 bits per heavy atom. The largest absolute Gasteiger partial charge is 0.383 e. The summed E-state index contributed by atoms with van der Waals surface area (Å²) in [5.74, 6) is -0.289. The first kappa shape index (κ1) is 14.5. The Morgan fingerprint density at radius 3 is 3.10 bits per heavy atom. The fourth-order valence-electron chi connectivity index (χ4n) is 3.01. The predicted octanol–water partition coefficient (Wildman–Crippen LogP) is 2.50. The maximum Gasteiger partial charge on any atom is 0.133 e. The van der Waals surface area contributed by atoms with E-state index in [0.29, 0.717) is 47.8 Å². The van der Waals surface area contributed by atoms with E-state index in [0.717, 1.165) is 0 Å². The van der Waals surface area contributed by atoms with Gasteiger partial charge < -0.3 is 9.84 Å². The monoisotopic (exact) mass is 310 g/mol. The van der Waals surface area contributed by atoms with Gasteiger partial charge in [-0.2, -0.15) is 5.10 Å². The second-order valence-electron chi connectivity index (χ2n) is 5.18. The summed E-state index contributed by atoms with van der Waals surface area (Å²) < 4.78 is 20.6. The van der Waals surface area contributed by atoms with Crippen LogP contribution in [0.15, 0.2) is 24.4 Å². The zero-order valence-corrected chi connectivity index (χ0v) is 12.4. The maximum absolute atomic E-state index is 13.9. The van der Waals surface area contributed by atoms with Crippen molar-refractivity contribution in [3.05, 3.63) is 52.1 Å². The molecule has 1 unspecified atom stereocenters. The Bertz CT molecular complexity index is 674. The standard InChI is InChI=1S/C15H16ClFN2O2/c1-21-8-7-19-14(12(16)9-18-19)15(20)6-5-10-11(15)3-2-4-13(10)17/h2-4,9,20H,5-8H2,1H3. The summed E-state index contributed by atoms with van der Waals surface area (Å²) >= 11 is 6.22. The highest BCUT2D eigenvalue weighted by molar-refractivity contribution is 6.31. The summed E-state index contributed by atoms with van der Waals surface area (Å²) in [5.41, 5.74) is 0.323. The molecule has 4 nitrogen and oxygen atoms in total. The molecule has 1 aromatic heterocycles. The van der Waals surface area contributed by atoms with Crippen molar-refractivity contribution >= 4 is 11.6 Å². The number of aliphatic hydroxyl groups is 1. The van der Waals surface area contributed by atoms with E-state index in [1.165, 1.54) is 12.3 Å². The summed E-state index contributed by atoms with van der Waals surface area (Å²) in [7, 11) is 1.60. The Labute approximate surface area is 127 Å². The van der Waals surface area contributed by atoms with E-state index < -0.39 is 5.60 Å². The van der Waals surface area contributed by atoms with E-state index in [4.69, 9.17) is 16.3 Å². The number of methoxy groups -OCH3 is 1. The van der Waals surface area contributed by atoms with E-state index in [1.807, 2.05) is 0 Å². The first-order chi connectivity index (χ1) is 10.1. The molecule has 0 fully saturated rings. The first-order valence-electron chi connectivity index (χ1n) is 6.79. The molecule has 1 aromatic carbocycles. The summed E-state index contributed by atoms with van der Waals surface area (Å²) in [5, 5.41) is 15.7. The summed E-state index contributed by atoms with van der Waals surface area (Å²) in [6.07, 6.45) is 2.37. The minimum absolute atomic E-state index is 0.289. The summed E-state index contributed by atoms with van der Waals surface area (Å²) in [4.78, 5) is 0. The number of aromatic nitrogens is 2. The third kappa shape index (κ3) is 2.25. The second kappa shape index (κ2) is 5.40. The fourth-order valence-corrected chi connectivity index (χ4v) is 3.31. The third-order valence-electron chi connectivity index (χ3n) is 3.99. The van der Waals surface area contributed by atoms with Crippen LogP contribution in [-0.2, 0) is 23.3 Å². The number of rotatable bonds is 4. The highest BCUT2D eigenvalue weighted by Gasteiger charge is 2.43. The summed E-state index contributed by atoms with van der Waals surface area (Å²) in [6, 6.07) is 4.76. The van der Waals surface area contributed by atoms with Gasteiger partial charge in [-0.25, -0.2) is 4.39 Å². The van der Waals surface area contributed by atoms with Crippen LogP contribution in [0, 0.1) is 5.82 Å². The van der Waals surface area contributed by atoms with Crippen LogP contribution in [0.4, 0.5) is 4.39 Å². The highest BCUT2D eigenvalue weighted by Crippen LogP contribution is 2.44. The number of hydrogen-bond acceptors (Lipinski definition) is 3. The maximum atomic E-state index is 13.9. The molecule has 0 saturated heterocycles. The molecule has 6 heteroatoms. The van der Waals surface area contributed by atoms with Gasteiger partial charge in [-0.1, -0.05) is 23.7 Å². The van der Waals surface area contributed by atoms with Crippen molar-refractivity contribution in [1.29, 1.82) is 0 Å². The van der Waals surface area contributed by atoms with Crippen LogP contribution < -0.4 is 0 Å². The topological polar surface area (TPSA) is 47.3 Å². The Balaban J connectivity index is 2.10. The normalized spacial score (nSPS) is 20.8. The smallest absolute Gasteiger partial charge is 0.133 e. The first-order valence-corrected chi connectivity index (χ1v) is 7.16. The molecule has 1 atom stereocenters. The molecule has 1 aliphatic carbocycles. The third-order valence-corrected chi connectivity index (χ3v) is 4.27. The van der Waals surface area contributed by atoms with Gasteiger partial charge in [-0.15, -0.1) is 0 Å². The summed E-state index contributed by atoms with van der Waals surface area (Å²) in [6.45, 7) is 0.933. The Hall–Kier alpha value is -1.43. The lowest BCUT2D eigenvalue weighted by Gasteiger charge is -2.26. The van der Waals surface area contributed by atoms with Gasteiger partial charge in [0.15, 0.2) is 0 Å². The van der Waals surface area contributed by atoms with Crippen molar-refractivity contribution in [2.24, 2.45) is 0 Å². The lowest BCUT2D eigenvalue weighted by atomic mass is 9.92. The lowest BCUT2D eigenvalue weighted by Crippen LogP contribution is -2.29. The highest BCUT2D eigenvalue weighted by atomic mass is 35.5. The molecule has 2 aromatic rings. The predicted molar refractivity (Wildman–Crippen MR) is 76.8 cm³/mol. The van der Waals surface area contributed by atoms with Gasteiger partial charge in [0.2, 0.25) is 0 Å². The molecule has 1 N–H and O–H groups in total. The number of hydrogen-bond donors (Lipinski definition) is 1. The molecule has 0 spiro atoms. The van der Waals surface area contributed by atoms with Gasteiger partial charge in [0, 0.05) is 7.11 Å². The Morgan fingerprint density at radius 2 is 2.33 bits per heavy atom. The van der Waals surface area contributed by atoms with E-state index >= 15 is 0 Å².